The number of nitrogens with zero attached hydrogens (tertiary/aromatic N) is 1. The standard InChI is InChI=1S/C15H22F3N3/c1-6-19-10-7-9(15(16,17)18)8-11(20-10)21-12-13(2,3)14(12,4)5/h7-8,12H,6H2,1-5H3,(H2,19,20,21). The van der Waals surface area contributed by atoms with Crippen LogP contribution in [0, 0.1) is 10.8 Å². The van der Waals surface area contributed by atoms with Crippen LogP contribution in [-0.4, -0.2) is 17.6 Å². The Bertz CT molecular complexity index is 521. The summed E-state index contributed by atoms with van der Waals surface area (Å²) in [5.41, 5.74) is -0.630. The van der Waals surface area contributed by atoms with E-state index in [1.54, 1.807) is 0 Å². The molecule has 0 bridgehead atoms. The van der Waals surface area contributed by atoms with E-state index in [0.717, 1.165) is 12.1 Å². The minimum Gasteiger partial charge on any atom is -0.370 e. The highest BCUT2D eigenvalue weighted by Gasteiger charge is 2.65. The zero-order valence-corrected chi connectivity index (χ0v) is 13.0. The zero-order chi connectivity index (χ0) is 16.1. The molecule has 1 aliphatic rings. The summed E-state index contributed by atoms with van der Waals surface area (Å²) in [6.45, 7) is 10.7. The molecule has 118 valence electrons. The van der Waals surface area contributed by atoms with Crippen LogP contribution < -0.4 is 10.6 Å². The molecule has 2 rings (SSSR count). The highest BCUT2D eigenvalue weighted by atomic mass is 19.4. The molecule has 0 atom stereocenters. The van der Waals surface area contributed by atoms with Crippen molar-refractivity contribution in [2.45, 2.75) is 46.8 Å². The van der Waals surface area contributed by atoms with Crippen LogP contribution >= 0.6 is 0 Å². The SMILES string of the molecule is CCNc1cc(C(F)(F)F)cc(NC2C(C)(C)C2(C)C)n1. The van der Waals surface area contributed by atoms with Crippen molar-refractivity contribution in [2.24, 2.45) is 10.8 Å². The van der Waals surface area contributed by atoms with E-state index in [4.69, 9.17) is 0 Å². The molecule has 0 radical (unpaired) electrons. The molecule has 1 heterocycles. The van der Waals surface area contributed by atoms with Gasteiger partial charge < -0.3 is 10.6 Å². The molecule has 0 saturated heterocycles. The largest absolute Gasteiger partial charge is 0.416 e. The number of rotatable bonds is 4. The van der Waals surface area contributed by atoms with Crippen LogP contribution in [0.15, 0.2) is 12.1 Å². The Kier molecular flexibility index (Phi) is 3.62. The minimum absolute atomic E-state index is 0.0290. The number of nitrogens with one attached hydrogen (secondary N) is 2. The average molecular weight is 301 g/mol. The molecule has 0 aliphatic heterocycles. The second-order valence-electron chi connectivity index (χ2n) is 6.68. The molecule has 3 nitrogen and oxygen atoms in total. The van der Waals surface area contributed by atoms with Crippen molar-refractivity contribution >= 4 is 11.6 Å². The number of hydrogen-bond donors (Lipinski definition) is 2. The molecule has 0 amide bonds. The fourth-order valence-corrected chi connectivity index (χ4v) is 2.74. The molecule has 1 aromatic heterocycles. The van der Waals surface area contributed by atoms with Crippen molar-refractivity contribution in [2.75, 3.05) is 17.2 Å². The Balaban J connectivity index is 2.30. The first-order valence-electron chi connectivity index (χ1n) is 7.10. The lowest BCUT2D eigenvalue weighted by Gasteiger charge is -2.14. The smallest absolute Gasteiger partial charge is 0.370 e. The van der Waals surface area contributed by atoms with E-state index in [-0.39, 0.29) is 28.5 Å². The normalized spacial score (nSPS) is 20.2. The third-order valence-corrected chi connectivity index (χ3v) is 4.82. The first-order valence-corrected chi connectivity index (χ1v) is 7.10. The van der Waals surface area contributed by atoms with Crippen molar-refractivity contribution in [1.29, 1.82) is 0 Å². The summed E-state index contributed by atoms with van der Waals surface area (Å²) in [5, 5.41) is 6.00. The van der Waals surface area contributed by atoms with E-state index in [2.05, 4.69) is 43.3 Å². The molecule has 2 N–H and O–H groups in total. The minimum atomic E-state index is -4.38. The van der Waals surface area contributed by atoms with Gasteiger partial charge in [0.25, 0.3) is 0 Å². The van der Waals surface area contributed by atoms with Crippen LogP contribution in [0.25, 0.3) is 0 Å². The van der Waals surface area contributed by atoms with Crippen LogP contribution in [-0.2, 0) is 6.18 Å². The summed E-state index contributed by atoms with van der Waals surface area (Å²) in [7, 11) is 0. The highest BCUT2D eigenvalue weighted by Crippen LogP contribution is 2.63. The van der Waals surface area contributed by atoms with Gasteiger partial charge in [-0.1, -0.05) is 27.7 Å². The van der Waals surface area contributed by atoms with Crippen LogP contribution in [0.3, 0.4) is 0 Å². The third kappa shape index (κ3) is 2.80. The summed E-state index contributed by atoms with van der Waals surface area (Å²) in [5.74, 6) is 0.510. The molecule has 1 aromatic rings. The maximum Gasteiger partial charge on any atom is 0.416 e. The fourth-order valence-electron chi connectivity index (χ4n) is 2.74. The molecule has 1 saturated carbocycles. The van der Waals surface area contributed by atoms with Crippen molar-refractivity contribution in [3.63, 3.8) is 0 Å². The van der Waals surface area contributed by atoms with Crippen molar-refractivity contribution in [3.8, 4) is 0 Å². The second-order valence-corrected chi connectivity index (χ2v) is 6.68. The van der Waals surface area contributed by atoms with Crippen LogP contribution in [0.2, 0.25) is 0 Å². The molecule has 0 unspecified atom stereocenters. The number of hydrogen-bond acceptors (Lipinski definition) is 3. The van der Waals surface area contributed by atoms with Crippen molar-refractivity contribution in [1.82, 2.24) is 4.98 Å². The second kappa shape index (κ2) is 4.78. The average Bonchev–Trinajstić information content (AvgIpc) is 2.71. The molecule has 21 heavy (non-hydrogen) atoms. The van der Waals surface area contributed by atoms with Crippen LogP contribution in [0.1, 0.15) is 40.2 Å². The Morgan fingerprint density at radius 1 is 1.10 bits per heavy atom. The Hall–Kier alpha value is -1.46. The van der Waals surface area contributed by atoms with Gasteiger partial charge >= 0.3 is 6.18 Å². The lowest BCUT2D eigenvalue weighted by Crippen LogP contribution is -2.14. The summed E-state index contributed by atoms with van der Waals surface area (Å²) in [6.07, 6.45) is -4.38. The summed E-state index contributed by atoms with van der Waals surface area (Å²) in [6, 6.07) is 2.22. The fraction of sp³-hybridized carbons (Fsp3) is 0.667. The van der Waals surface area contributed by atoms with Crippen molar-refractivity contribution in [3.05, 3.63) is 17.7 Å². The Morgan fingerprint density at radius 2 is 1.62 bits per heavy atom. The summed E-state index contributed by atoms with van der Waals surface area (Å²) >= 11 is 0. The third-order valence-electron chi connectivity index (χ3n) is 4.82. The van der Waals surface area contributed by atoms with Crippen molar-refractivity contribution < 1.29 is 13.2 Å². The zero-order valence-electron chi connectivity index (χ0n) is 13.0. The van der Waals surface area contributed by atoms with Gasteiger partial charge in [0.05, 0.1) is 5.56 Å². The number of halogens is 3. The van der Waals surface area contributed by atoms with Gasteiger partial charge in [0.2, 0.25) is 0 Å². The molecule has 1 aliphatic carbocycles. The lowest BCUT2D eigenvalue weighted by molar-refractivity contribution is -0.137. The van der Waals surface area contributed by atoms with Gasteiger partial charge in [-0.25, -0.2) is 4.98 Å². The number of anilines is 2. The molecule has 0 spiro atoms. The van der Waals surface area contributed by atoms with E-state index in [1.807, 2.05) is 6.92 Å². The van der Waals surface area contributed by atoms with Gasteiger partial charge in [-0.3, -0.25) is 0 Å². The first-order chi connectivity index (χ1) is 9.50. The topological polar surface area (TPSA) is 37.0 Å². The van der Waals surface area contributed by atoms with E-state index < -0.39 is 11.7 Å². The predicted molar refractivity (Wildman–Crippen MR) is 78.4 cm³/mol. The monoisotopic (exact) mass is 301 g/mol. The maximum absolute atomic E-state index is 13.0. The quantitative estimate of drug-likeness (QED) is 0.866. The van der Waals surface area contributed by atoms with Gasteiger partial charge in [0.15, 0.2) is 0 Å². The summed E-state index contributed by atoms with van der Waals surface area (Å²) < 4.78 is 38.9. The molecule has 1 fully saturated rings. The van der Waals surface area contributed by atoms with Crippen LogP contribution in [0.4, 0.5) is 24.8 Å². The molecular weight excluding hydrogens is 279 g/mol. The highest BCUT2D eigenvalue weighted by molar-refractivity contribution is 5.52. The number of pyridine rings is 1. The van der Waals surface area contributed by atoms with Crippen LogP contribution in [0.5, 0.6) is 0 Å². The van der Waals surface area contributed by atoms with E-state index >= 15 is 0 Å². The molecule has 0 aromatic carbocycles. The maximum atomic E-state index is 13.0. The number of alkyl halides is 3. The van der Waals surface area contributed by atoms with E-state index in [9.17, 15) is 13.2 Å². The van der Waals surface area contributed by atoms with Gasteiger partial charge in [-0.15, -0.1) is 0 Å². The van der Waals surface area contributed by atoms with E-state index in [0.29, 0.717) is 6.54 Å². The number of aromatic nitrogens is 1. The van der Waals surface area contributed by atoms with Gasteiger partial charge in [0, 0.05) is 12.6 Å². The van der Waals surface area contributed by atoms with E-state index in [1.165, 1.54) is 0 Å². The Labute approximate surface area is 123 Å². The van der Waals surface area contributed by atoms with Gasteiger partial charge in [-0.2, -0.15) is 13.2 Å². The summed E-state index contributed by atoms with van der Waals surface area (Å²) in [4.78, 5) is 4.23. The first kappa shape index (κ1) is 15.9. The molecular formula is C15H22F3N3. The predicted octanol–water partition coefficient (Wildman–Crippen LogP) is 4.38. The van der Waals surface area contributed by atoms with Gasteiger partial charge in [-0.05, 0) is 29.9 Å². The van der Waals surface area contributed by atoms with Gasteiger partial charge in [0.1, 0.15) is 11.6 Å². The Morgan fingerprint density at radius 3 is 2.05 bits per heavy atom. The molecule has 6 heteroatoms. The lowest BCUT2D eigenvalue weighted by atomic mass is 10.0.